The van der Waals surface area contributed by atoms with Crippen LogP contribution in [-0.4, -0.2) is 25.1 Å². The second-order valence-electron chi connectivity index (χ2n) is 9.24. The summed E-state index contributed by atoms with van der Waals surface area (Å²) in [7, 11) is 0. The van der Waals surface area contributed by atoms with Crippen LogP contribution in [0.3, 0.4) is 0 Å². The first-order chi connectivity index (χ1) is 19.1. The largest absolute Gasteiger partial charge is 0.299 e. The summed E-state index contributed by atoms with van der Waals surface area (Å²) in [6.45, 7) is 0. The lowest BCUT2D eigenvalue weighted by molar-refractivity contribution is 0.0480. The van der Waals surface area contributed by atoms with Crippen molar-refractivity contribution in [1.29, 1.82) is 0 Å². The molecule has 186 valence electrons. The van der Waals surface area contributed by atoms with E-state index in [9.17, 15) is 0 Å². The molecule has 39 heavy (non-hydrogen) atoms. The second-order valence-corrected chi connectivity index (χ2v) is 9.24. The van der Waals surface area contributed by atoms with Crippen LogP contribution in [0.5, 0.6) is 0 Å². The number of rotatable bonds is 4. The number of nitrogens with zero attached hydrogens (tertiary/aromatic N) is 5. The predicted octanol–water partition coefficient (Wildman–Crippen LogP) is 7.45. The highest BCUT2D eigenvalue weighted by Gasteiger charge is 2.44. The van der Waals surface area contributed by atoms with Gasteiger partial charge in [0, 0.05) is 39.6 Å². The van der Waals surface area contributed by atoms with Gasteiger partial charge in [-0.2, -0.15) is 19.0 Å². The van der Waals surface area contributed by atoms with E-state index in [4.69, 9.17) is 15.0 Å². The van der Waals surface area contributed by atoms with Crippen LogP contribution in [0.4, 0.5) is 8.78 Å². The number of aromatic nitrogens is 5. The van der Waals surface area contributed by atoms with Crippen LogP contribution in [0, 0.1) is 0 Å². The number of hydrogen-bond donors (Lipinski definition) is 0. The van der Waals surface area contributed by atoms with E-state index in [2.05, 4.69) is 10.2 Å². The molecule has 4 aromatic carbocycles. The molecule has 0 atom stereocenters. The molecule has 1 aliphatic rings. The van der Waals surface area contributed by atoms with Gasteiger partial charge in [0.2, 0.25) is 0 Å². The van der Waals surface area contributed by atoms with E-state index in [1.54, 1.807) is 42.6 Å². The molecule has 0 bridgehead atoms. The van der Waals surface area contributed by atoms with Crippen LogP contribution in [-0.2, 0) is 5.92 Å². The average molecular weight is 512 g/mol. The van der Waals surface area contributed by atoms with Gasteiger partial charge in [-0.3, -0.25) is 0 Å². The fourth-order valence-corrected chi connectivity index (χ4v) is 4.92. The lowest BCUT2D eigenvalue weighted by Gasteiger charge is -2.13. The maximum Gasteiger partial charge on any atom is 0.299 e. The molecule has 0 aliphatic heterocycles. The van der Waals surface area contributed by atoms with Gasteiger partial charge in [-0.1, -0.05) is 84.9 Å². The second kappa shape index (κ2) is 8.99. The maximum atomic E-state index is 15.5. The summed E-state index contributed by atoms with van der Waals surface area (Å²) in [5, 5.41) is 8.07. The maximum absolute atomic E-state index is 15.5. The molecule has 0 unspecified atom stereocenters. The van der Waals surface area contributed by atoms with E-state index in [-0.39, 0.29) is 11.1 Å². The molecule has 0 N–H and O–H groups in total. The molecule has 2 heterocycles. The molecule has 1 aliphatic carbocycles. The van der Waals surface area contributed by atoms with Crippen molar-refractivity contribution in [3.63, 3.8) is 0 Å². The first-order valence-electron chi connectivity index (χ1n) is 12.4. The Hall–Kier alpha value is -5.17. The number of benzene rings is 4. The third-order valence-electron chi connectivity index (χ3n) is 6.83. The molecule has 2 aromatic heterocycles. The zero-order valence-corrected chi connectivity index (χ0v) is 20.5. The standard InChI is InChI=1S/C32H19F2N5/c33-32(34)26-15-13-22(28-12-7-17-35-39-28)18-24(26)25-19-23(14-16-27(25)32)31-37-29(20-8-3-1-4-9-20)36-30(38-31)21-10-5-2-6-11-21/h1-19H. The van der Waals surface area contributed by atoms with Crippen LogP contribution in [0.2, 0.25) is 0 Å². The highest BCUT2D eigenvalue weighted by molar-refractivity contribution is 5.85. The minimum absolute atomic E-state index is 0.0344. The minimum atomic E-state index is -3.12. The molecular formula is C32H19F2N5. The monoisotopic (exact) mass is 511 g/mol. The van der Waals surface area contributed by atoms with E-state index >= 15 is 8.78 Å². The van der Waals surface area contributed by atoms with Gasteiger partial charge in [-0.25, -0.2) is 15.0 Å². The van der Waals surface area contributed by atoms with Crippen molar-refractivity contribution in [2.24, 2.45) is 0 Å². The van der Waals surface area contributed by atoms with Crippen molar-refractivity contribution in [1.82, 2.24) is 25.1 Å². The average Bonchev–Trinajstić information content (AvgIpc) is 3.23. The normalized spacial score (nSPS) is 13.1. The third kappa shape index (κ3) is 3.95. The minimum Gasteiger partial charge on any atom is -0.208 e. The smallest absolute Gasteiger partial charge is 0.208 e. The molecule has 0 amide bonds. The number of hydrogen-bond acceptors (Lipinski definition) is 5. The first kappa shape index (κ1) is 23.0. The van der Waals surface area contributed by atoms with E-state index in [0.29, 0.717) is 45.4 Å². The summed E-state index contributed by atoms with van der Waals surface area (Å²) in [4.78, 5) is 14.2. The first-order valence-corrected chi connectivity index (χ1v) is 12.4. The molecule has 0 radical (unpaired) electrons. The van der Waals surface area contributed by atoms with Crippen LogP contribution in [0.15, 0.2) is 115 Å². The molecule has 0 fully saturated rings. The van der Waals surface area contributed by atoms with Gasteiger partial charge >= 0.3 is 0 Å². The molecule has 0 spiro atoms. The van der Waals surface area contributed by atoms with Crippen molar-refractivity contribution in [2.45, 2.75) is 5.92 Å². The Bertz CT molecular complexity index is 1770. The van der Waals surface area contributed by atoms with E-state index in [1.165, 1.54) is 12.1 Å². The number of halogens is 2. The Morgan fingerprint density at radius 2 is 1.00 bits per heavy atom. The third-order valence-corrected chi connectivity index (χ3v) is 6.83. The summed E-state index contributed by atoms with van der Waals surface area (Å²) in [6.07, 6.45) is 1.58. The van der Waals surface area contributed by atoms with Crippen molar-refractivity contribution in [3.8, 4) is 56.5 Å². The van der Waals surface area contributed by atoms with E-state index < -0.39 is 5.92 Å². The molecule has 0 saturated carbocycles. The van der Waals surface area contributed by atoms with Crippen molar-refractivity contribution < 1.29 is 8.78 Å². The Morgan fingerprint density at radius 3 is 1.54 bits per heavy atom. The summed E-state index contributed by atoms with van der Waals surface area (Å²) >= 11 is 0. The lowest BCUT2D eigenvalue weighted by Crippen LogP contribution is -2.10. The Labute approximate surface area is 222 Å². The SMILES string of the molecule is FC1(F)c2ccc(-c3cccnn3)cc2-c2cc(-c3nc(-c4ccccc4)nc(-c4ccccc4)n3)ccc21. The molecule has 7 heteroatoms. The Kier molecular flexibility index (Phi) is 5.30. The zero-order valence-electron chi connectivity index (χ0n) is 20.5. The van der Waals surface area contributed by atoms with Crippen molar-refractivity contribution in [2.75, 3.05) is 0 Å². The summed E-state index contributed by atoms with van der Waals surface area (Å²) in [6, 6.07) is 32.6. The van der Waals surface area contributed by atoms with Gasteiger partial charge in [-0.15, -0.1) is 0 Å². The van der Waals surface area contributed by atoms with E-state index in [0.717, 1.165) is 11.1 Å². The summed E-state index contributed by atoms with van der Waals surface area (Å²) in [5.74, 6) is -1.69. The van der Waals surface area contributed by atoms with Crippen LogP contribution < -0.4 is 0 Å². The fraction of sp³-hybridized carbons (Fsp3) is 0.0312. The molecule has 0 saturated heterocycles. The zero-order chi connectivity index (χ0) is 26.4. The molecule has 5 nitrogen and oxygen atoms in total. The van der Waals surface area contributed by atoms with Gasteiger partial charge in [0.1, 0.15) is 0 Å². The van der Waals surface area contributed by atoms with Crippen LogP contribution >= 0.6 is 0 Å². The van der Waals surface area contributed by atoms with Crippen LogP contribution in [0.25, 0.3) is 56.5 Å². The van der Waals surface area contributed by atoms with Gasteiger partial charge in [-0.05, 0) is 35.4 Å². The fourth-order valence-electron chi connectivity index (χ4n) is 4.92. The highest BCUT2D eigenvalue weighted by atomic mass is 19.3. The van der Waals surface area contributed by atoms with E-state index in [1.807, 2.05) is 60.7 Å². The predicted molar refractivity (Wildman–Crippen MR) is 146 cm³/mol. The van der Waals surface area contributed by atoms with Gasteiger partial charge in [0.15, 0.2) is 17.5 Å². The lowest BCUT2D eigenvalue weighted by atomic mass is 9.99. The topological polar surface area (TPSA) is 64.5 Å². The molecule has 6 aromatic rings. The molecular weight excluding hydrogens is 492 g/mol. The van der Waals surface area contributed by atoms with Crippen molar-refractivity contribution >= 4 is 0 Å². The Morgan fingerprint density at radius 1 is 0.487 bits per heavy atom. The van der Waals surface area contributed by atoms with Gasteiger partial charge < -0.3 is 0 Å². The quantitative estimate of drug-likeness (QED) is 0.246. The number of alkyl halides is 2. The summed E-state index contributed by atoms with van der Waals surface area (Å²) in [5.41, 5.74) is 4.46. The van der Waals surface area contributed by atoms with Gasteiger partial charge in [0.05, 0.1) is 5.69 Å². The van der Waals surface area contributed by atoms with Crippen molar-refractivity contribution in [3.05, 3.63) is 127 Å². The molecule has 7 rings (SSSR count). The van der Waals surface area contributed by atoms with Gasteiger partial charge in [0.25, 0.3) is 5.92 Å². The highest BCUT2D eigenvalue weighted by Crippen LogP contribution is 2.52. The van der Waals surface area contributed by atoms with Crippen LogP contribution in [0.1, 0.15) is 11.1 Å². The number of fused-ring (bicyclic) bond motifs is 3. The summed E-state index contributed by atoms with van der Waals surface area (Å²) < 4.78 is 31.0. The Balaban J connectivity index is 1.40.